The van der Waals surface area contributed by atoms with E-state index in [0.29, 0.717) is 31.2 Å². The molecule has 0 aromatic heterocycles. The van der Waals surface area contributed by atoms with E-state index in [0.717, 1.165) is 11.3 Å². The van der Waals surface area contributed by atoms with E-state index in [-0.39, 0.29) is 17.4 Å². The number of amides is 2. The third-order valence-corrected chi connectivity index (χ3v) is 4.16. The van der Waals surface area contributed by atoms with E-state index in [1.165, 1.54) is 13.1 Å². The molecular weight excluding hydrogens is 328 g/mol. The summed E-state index contributed by atoms with van der Waals surface area (Å²) in [5, 5.41) is 12.9. The second-order valence-electron chi connectivity index (χ2n) is 5.57. The van der Waals surface area contributed by atoms with Crippen molar-refractivity contribution >= 4 is 29.1 Å². The topological polar surface area (TPSA) is 76.4 Å². The van der Waals surface area contributed by atoms with Crippen molar-refractivity contribution in [3.8, 4) is 6.07 Å². The molecule has 1 heterocycles. The Morgan fingerprint density at radius 3 is 2.42 bits per heavy atom. The molecule has 0 saturated carbocycles. The zero-order valence-electron chi connectivity index (χ0n) is 13.7. The van der Waals surface area contributed by atoms with E-state index < -0.39 is 0 Å². The first-order valence-corrected chi connectivity index (χ1v) is 7.98. The third kappa shape index (κ3) is 4.27. The van der Waals surface area contributed by atoms with Crippen LogP contribution in [-0.2, 0) is 9.59 Å². The quantitative estimate of drug-likeness (QED) is 0.672. The lowest BCUT2D eigenvalue weighted by Crippen LogP contribution is -2.50. The van der Waals surface area contributed by atoms with Gasteiger partial charge in [-0.25, -0.2) is 0 Å². The standard InChI is InChI=1S/C17H19ClN4O2/c1-12-9-15(18)3-4-16(12)20-11-14(10-19)17(24)22-7-5-21(6-8-22)13(2)23/h3-4,9,11,20H,5-8H2,1-2H3/b14-11-. The SMILES string of the molecule is CC(=O)N1CCN(C(=O)/C(C#N)=C\Nc2ccc(Cl)cc2C)CC1. The number of rotatable bonds is 3. The van der Waals surface area contributed by atoms with Gasteiger partial charge in [-0.15, -0.1) is 0 Å². The van der Waals surface area contributed by atoms with Gasteiger partial charge in [0.2, 0.25) is 5.91 Å². The van der Waals surface area contributed by atoms with E-state index in [4.69, 9.17) is 11.6 Å². The molecule has 0 aliphatic carbocycles. The zero-order valence-corrected chi connectivity index (χ0v) is 14.4. The van der Waals surface area contributed by atoms with Gasteiger partial charge in [-0.2, -0.15) is 5.26 Å². The van der Waals surface area contributed by atoms with Crippen LogP contribution in [0.1, 0.15) is 12.5 Å². The van der Waals surface area contributed by atoms with Crippen LogP contribution >= 0.6 is 11.6 Å². The fraction of sp³-hybridized carbons (Fsp3) is 0.353. The largest absolute Gasteiger partial charge is 0.360 e. The van der Waals surface area contributed by atoms with Crippen LogP contribution in [0.25, 0.3) is 0 Å². The van der Waals surface area contributed by atoms with Crippen LogP contribution in [-0.4, -0.2) is 47.8 Å². The molecule has 1 fully saturated rings. The minimum absolute atomic E-state index is 0.00183. The molecule has 1 aliphatic heterocycles. The fourth-order valence-corrected chi connectivity index (χ4v) is 2.70. The highest BCUT2D eigenvalue weighted by Crippen LogP contribution is 2.20. The maximum atomic E-state index is 12.4. The zero-order chi connectivity index (χ0) is 17.7. The van der Waals surface area contributed by atoms with Gasteiger partial charge in [0.1, 0.15) is 11.6 Å². The normalized spacial score (nSPS) is 15.0. The first-order chi connectivity index (χ1) is 11.4. The number of aryl methyl sites for hydroxylation is 1. The summed E-state index contributed by atoms with van der Waals surface area (Å²) in [5.41, 5.74) is 1.72. The molecule has 0 radical (unpaired) electrons. The Labute approximate surface area is 146 Å². The Morgan fingerprint density at radius 1 is 1.25 bits per heavy atom. The molecule has 1 aromatic carbocycles. The lowest BCUT2D eigenvalue weighted by atomic mass is 10.2. The number of halogens is 1. The van der Waals surface area contributed by atoms with Crippen LogP contribution in [0.15, 0.2) is 30.0 Å². The second-order valence-corrected chi connectivity index (χ2v) is 6.01. The minimum Gasteiger partial charge on any atom is -0.360 e. The van der Waals surface area contributed by atoms with E-state index in [9.17, 15) is 14.9 Å². The van der Waals surface area contributed by atoms with Crippen LogP contribution < -0.4 is 5.32 Å². The Kier molecular flexibility index (Phi) is 5.83. The maximum absolute atomic E-state index is 12.4. The van der Waals surface area contributed by atoms with E-state index in [1.807, 2.05) is 13.0 Å². The number of hydrogen-bond acceptors (Lipinski definition) is 4. The first kappa shape index (κ1) is 17.8. The third-order valence-electron chi connectivity index (χ3n) is 3.92. The fourth-order valence-electron chi connectivity index (χ4n) is 2.48. The van der Waals surface area contributed by atoms with Gasteiger partial charge in [-0.1, -0.05) is 11.6 Å². The van der Waals surface area contributed by atoms with Gasteiger partial charge in [0.05, 0.1) is 0 Å². The maximum Gasteiger partial charge on any atom is 0.266 e. The van der Waals surface area contributed by atoms with Crippen LogP contribution in [0.4, 0.5) is 5.69 Å². The number of carbonyl (C=O) groups excluding carboxylic acids is 2. The Bertz CT molecular complexity index is 716. The van der Waals surface area contributed by atoms with Crippen LogP contribution in [0, 0.1) is 18.3 Å². The lowest BCUT2D eigenvalue weighted by molar-refractivity contribution is -0.136. The predicted octanol–water partition coefficient (Wildman–Crippen LogP) is 2.16. The molecule has 24 heavy (non-hydrogen) atoms. The van der Waals surface area contributed by atoms with Crippen LogP contribution in [0.3, 0.4) is 0 Å². The number of anilines is 1. The van der Waals surface area contributed by atoms with Crippen molar-refractivity contribution in [2.75, 3.05) is 31.5 Å². The Balaban J connectivity index is 2.04. The number of piperazine rings is 1. The molecule has 0 atom stereocenters. The highest BCUT2D eigenvalue weighted by atomic mass is 35.5. The highest BCUT2D eigenvalue weighted by molar-refractivity contribution is 6.30. The second kappa shape index (κ2) is 7.84. The lowest BCUT2D eigenvalue weighted by Gasteiger charge is -2.34. The summed E-state index contributed by atoms with van der Waals surface area (Å²) >= 11 is 5.91. The predicted molar refractivity (Wildman–Crippen MR) is 92.3 cm³/mol. The molecular formula is C17H19ClN4O2. The Morgan fingerprint density at radius 2 is 1.88 bits per heavy atom. The average Bonchev–Trinajstić information content (AvgIpc) is 2.57. The average molecular weight is 347 g/mol. The summed E-state index contributed by atoms with van der Waals surface area (Å²) in [4.78, 5) is 27.0. The number of hydrogen-bond donors (Lipinski definition) is 1. The molecule has 0 bridgehead atoms. The molecule has 0 unspecified atom stereocenters. The summed E-state index contributed by atoms with van der Waals surface area (Å²) in [6.07, 6.45) is 1.41. The molecule has 2 amide bonds. The van der Waals surface area contributed by atoms with Gasteiger partial charge >= 0.3 is 0 Å². The van der Waals surface area contributed by atoms with Gasteiger partial charge in [0.15, 0.2) is 0 Å². The molecule has 1 aromatic rings. The van der Waals surface area contributed by atoms with Crippen LogP contribution in [0.2, 0.25) is 5.02 Å². The number of benzene rings is 1. The van der Waals surface area contributed by atoms with Crippen molar-refractivity contribution in [3.05, 3.63) is 40.6 Å². The Hall–Kier alpha value is -2.52. The van der Waals surface area contributed by atoms with Crippen molar-refractivity contribution in [1.82, 2.24) is 9.80 Å². The number of nitriles is 1. The van der Waals surface area contributed by atoms with E-state index in [1.54, 1.807) is 28.0 Å². The molecule has 126 valence electrons. The van der Waals surface area contributed by atoms with Gasteiger partial charge in [0.25, 0.3) is 5.91 Å². The van der Waals surface area contributed by atoms with Crippen molar-refractivity contribution in [2.24, 2.45) is 0 Å². The molecule has 6 nitrogen and oxygen atoms in total. The monoisotopic (exact) mass is 346 g/mol. The van der Waals surface area contributed by atoms with Crippen molar-refractivity contribution in [1.29, 1.82) is 5.26 Å². The minimum atomic E-state index is -0.334. The number of nitrogens with zero attached hydrogens (tertiary/aromatic N) is 3. The highest BCUT2D eigenvalue weighted by Gasteiger charge is 2.24. The van der Waals surface area contributed by atoms with Gasteiger partial charge in [-0.3, -0.25) is 9.59 Å². The smallest absolute Gasteiger partial charge is 0.266 e. The summed E-state index contributed by atoms with van der Waals surface area (Å²) in [5.74, 6) is -0.335. The van der Waals surface area contributed by atoms with Crippen LogP contribution in [0.5, 0.6) is 0 Å². The molecule has 0 spiro atoms. The van der Waals surface area contributed by atoms with Gasteiger partial charge in [-0.05, 0) is 30.7 Å². The molecule has 1 saturated heterocycles. The molecule has 1 N–H and O–H groups in total. The van der Waals surface area contributed by atoms with Crippen molar-refractivity contribution in [2.45, 2.75) is 13.8 Å². The summed E-state index contributed by atoms with van der Waals surface area (Å²) in [7, 11) is 0. The molecule has 1 aliphatic rings. The van der Waals surface area contributed by atoms with Gasteiger partial charge < -0.3 is 15.1 Å². The summed E-state index contributed by atoms with van der Waals surface area (Å²) < 4.78 is 0. The number of nitrogens with one attached hydrogen (secondary N) is 1. The van der Waals surface area contributed by atoms with Gasteiger partial charge in [0, 0.05) is 50.0 Å². The number of carbonyl (C=O) groups is 2. The molecule has 7 heteroatoms. The van der Waals surface area contributed by atoms with Crippen molar-refractivity contribution < 1.29 is 9.59 Å². The summed E-state index contributed by atoms with van der Waals surface area (Å²) in [6, 6.07) is 7.26. The van der Waals surface area contributed by atoms with Crippen molar-refractivity contribution in [3.63, 3.8) is 0 Å². The van der Waals surface area contributed by atoms with E-state index >= 15 is 0 Å². The van der Waals surface area contributed by atoms with E-state index in [2.05, 4.69) is 5.32 Å². The first-order valence-electron chi connectivity index (χ1n) is 7.60. The molecule has 2 rings (SSSR count). The summed E-state index contributed by atoms with van der Waals surface area (Å²) in [6.45, 7) is 5.23.